The van der Waals surface area contributed by atoms with E-state index >= 15 is 0 Å². The molecule has 0 aliphatic heterocycles. The van der Waals surface area contributed by atoms with Gasteiger partial charge in [-0.1, -0.05) is 66.2 Å². The van der Waals surface area contributed by atoms with Crippen LogP contribution in [0.25, 0.3) is 0 Å². The standard InChI is InChI=1S/2C10H15.2CH3.2ClH.H2Si.Zr/c2*1-8-6-5-7-9(8)10(2,3)4;;;;;;/h2*7H,5H2,1-4H3;2*1H3;2*1H;1H2;/q4*-1;;;;. The maximum atomic E-state index is 3.30. The molecule has 0 bridgehead atoms. The summed E-state index contributed by atoms with van der Waals surface area (Å²) < 4.78 is 0. The van der Waals surface area contributed by atoms with Gasteiger partial charge >= 0.3 is 30.2 Å². The van der Waals surface area contributed by atoms with Crippen LogP contribution in [0, 0.1) is 37.8 Å². The molecule has 0 radical (unpaired) electrons. The molecular formula is C22H40Cl2SiZr-4. The first-order chi connectivity index (χ1) is 10.0. The molecule has 154 valence electrons. The summed E-state index contributed by atoms with van der Waals surface area (Å²) in [6.07, 6.45) is 13.2. The fourth-order valence-corrected chi connectivity index (χ4v) is 2.85. The quantitative estimate of drug-likeness (QED) is 0.250. The molecule has 26 heavy (non-hydrogen) atoms. The fraction of sp³-hybridized carbons (Fsp3) is 0.545. The Kier molecular flexibility index (Phi) is 23.9. The van der Waals surface area contributed by atoms with Crippen LogP contribution in [-0.4, -0.2) is 6.88 Å². The van der Waals surface area contributed by atoms with E-state index in [9.17, 15) is 0 Å². The summed E-state index contributed by atoms with van der Waals surface area (Å²) in [6.45, 7) is 19.7. The van der Waals surface area contributed by atoms with Crippen molar-refractivity contribution in [3.05, 3.63) is 61.4 Å². The maximum absolute atomic E-state index is 3.30. The van der Waals surface area contributed by atoms with Gasteiger partial charge in [-0.05, 0) is 0 Å². The van der Waals surface area contributed by atoms with Crippen molar-refractivity contribution in [2.75, 3.05) is 0 Å². The number of hydrogen-bond donors (Lipinski definition) is 0. The molecule has 0 unspecified atom stereocenters. The van der Waals surface area contributed by atoms with Crippen LogP contribution in [-0.2, 0) is 23.3 Å². The van der Waals surface area contributed by atoms with Crippen molar-refractivity contribution >= 4 is 31.7 Å². The molecule has 0 aromatic carbocycles. The molecule has 0 N–H and O–H groups in total. The average molecular weight is 495 g/mol. The Balaban J connectivity index is -0.0000000904. The van der Waals surface area contributed by atoms with Gasteiger partial charge in [-0.25, -0.2) is 11.1 Å². The molecule has 0 spiro atoms. The molecule has 0 saturated carbocycles. The van der Waals surface area contributed by atoms with E-state index in [1.807, 2.05) is 6.88 Å². The van der Waals surface area contributed by atoms with Crippen molar-refractivity contribution in [3.8, 4) is 0 Å². The summed E-state index contributed by atoms with van der Waals surface area (Å²) >= 11 is 1.58. The molecular weight excluding hydrogens is 454 g/mol. The van der Waals surface area contributed by atoms with Crippen LogP contribution >= 0.6 is 24.8 Å². The summed E-state index contributed by atoms with van der Waals surface area (Å²) in [5.41, 5.74) is 6.24. The molecule has 2 aliphatic carbocycles. The Bertz CT molecular complexity index is 455. The monoisotopic (exact) mass is 492 g/mol. The third-order valence-electron chi connectivity index (χ3n) is 3.77. The number of halogens is 2. The first kappa shape index (κ1) is 37.4. The average Bonchev–Trinajstić information content (AvgIpc) is 2.99. The fourth-order valence-electron chi connectivity index (χ4n) is 2.85. The zero-order valence-corrected chi connectivity index (χ0v) is 24.1. The van der Waals surface area contributed by atoms with Gasteiger partial charge in [0.15, 0.2) is 0 Å². The van der Waals surface area contributed by atoms with Gasteiger partial charge in [0, 0.05) is 0 Å². The second-order valence-electron chi connectivity index (χ2n) is 7.75. The van der Waals surface area contributed by atoms with E-state index in [1.54, 1.807) is 23.3 Å². The van der Waals surface area contributed by atoms with Crippen molar-refractivity contribution in [2.45, 2.75) is 68.2 Å². The van der Waals surface area contributed by atoms with Gasteiger partial charge in [0.2, 0.25) is 0 Å². The number of rotatable bonds is 0. The van der Waals surface area contributed by atoms with Gasteiger partial charge in [0.1, 0.15) is 0 Å². The minimum absolute atomic E-state index is 0. The third kappa shape index (κ3) is 12.9. The van der Waals surface area contributed by atoms with Crippen LogP contribution in [0.5, 0.6) is 0 Å². The summed E-state index contributed by atoms with van der Waals surface area (Å²) in [4.78, 5) is 0. The number of allylic oxidation sites excluding steroid dienone is 8. The summed E-state index contributed by atoms with van der Waals surface area (Å²) in [5, 5.41) is 0. The molecule has 2 aliphatic rings. The zero-order valence-electron chi connectivity index (χ0n) is 18.6. The van der Waals surface area contributed by atoms with Crippen molar-refractivity contribution in [1.82, 2.24) is 0 Å². The molecule has 0 aromatic rings. The normalized spacial score (nSPS) is 14.6. The SMILES string of the molecule is CC1=[C-]CC=C1C(C)(C)C.CC1=[C-]CC=C1C(C)(C)C.Cl.Cl.[CH3-].[CH3-].[SiH2]=[Zr]. The van der Waals surface area contributed by atoms with Crippen molar-refractivity contribution < 1.29 is 23.3 Å². The van der Waals surface area contributed by atoms with Gasteiger partial charge in [-0.3, -0.25) is 12.2 Å². The van der Waals surface area contributed by atoms with E-state index < -0.39 is 0 Å². The molecule has 0 saturated heterocycles. The Morgan fingerprint density at radius 2 is 0.962 bits per heavy atom. The summed E-state index contributed by atoms with van der Waals surface area (Å²) in [7, 11) is 0. The Labute approximate surface area is 194 Å². The molecule has 0 amide bonds. The van der Waals surface area contributed by atoms with Gasteiger partial charge in [0.05, 0.1) is 0 Å². The summed E-state index contributed by atoms with van der Waals surface area (Å²) in [6, 6.07) is 0. The predicted octanol–water partition coefficient (Wildman–Crippen LogP) is 7.05. The van der Waals surface area contributed by atoms with Crippen LogP contribution < -0.4 is 0 Å². The van der Waals surface area contributed by atoms with Crippen molar-refractivity contribution in [3.63, 3.8) is 0 Å². The molecule has 0 atom stereocenters. The van der Waals surface area contributed by atoms with Crippen LogP contribution in [0.3, 0.4) is 0 Å². The third-order valence-corrected chi connectivity index (χ3v) is 3.77. The molecule has 2 rings (SSSR count). The van der Waals surface area contributed by atoms with Gasteiger partial charge in [0.25, 0.3) is 0 Å². The Morgan fingerprint density at radius 3 is 1.04 bits per heavy atom. The van der Waals surface area contributed by atoms with E-state index in [-0.39, 0.29) is 39.7 Å². The van der Waals surface area contributed by atoms with E-state index in [1.165, 1.54) is 22.3 Å². The molecule has 0 fully saturated rings. The van der Waals surface area contributed by atoms with Crippen molar-refractivity contribution in [2.24, 2.45) is 10.8 Å². The first-order valence-electron chi connectivity index (χ1n) is 7.95. The second kappa shape index (κ2) is 16.6. The number of hydrogen-bond acceptors (Lipinski definition) is 0. The predicted molar refractivity (Wildman–Crippen MR) is 125 cm³/mol. The Morgan fingerprint density at radius 1 is 0.731 bits per heavy atom. The second-order valence-corrected chi connectivity index (χ2v) is 7.75. The molecule has 0 aromatic heterocycles. The zero-order chi connectivity index (χ0) is 17.6. The van der Waals surface area contributed by atoms with E-state index in [0.717, 1.165) is 12.8 Å². The Hall–Kier alpha value is 0.640. The van der Waals surface area contributed by atoms with Gasteiger partial charge < -0.3 is 14.9 Å². The van der Waals surface area contributed by atoms with E-state index in [0.29, 0.717) is 10.8 Å². The summed E-state index contributed by atoms with van der Waals surface area (Å²) in [5.74, 6) is 0. The van der Waals surface area contributed by atoms with Gasteiger partial charge in [-0.15, -0.1) is 37.7 Å². The first-order valence-corrected chi connectivity index (χ1v) is 13.9. The molecule has 4 heteroatoms. The van der Waals surface area contributed by atoms with Crippen LogP contribution in [0.15, 0.2) is 34.4 Å². The molecule has 0 nitrogen and oxygen atoms in total. The minimum atomic E-state index is 0. The van der Waals surface area contributed by atoms with Crippen LogP contribution in [0.2, 0.25) is 0 Å². The molecule has 0 heterocycles. The topological polar surface area (TPSA) is 0 Å². The van der Waals surface area contributed by atoms with Crippen LogP contribution in [0.1, 0.15) is 68.2 Å². The van der Waals surface area contributed by atoms with Crippen LogP contribution in [0.4, 0.5) is 0 Å². The van der Waals surface area contributed by atoms with Crippen molar-refractivity contribution in [1.29, 1.82) is 0 Å². The van der Waals surface area contributed by atoms with Gasteiger partial charge in [-0.2, -0.15) is 23.3 Å². The van der Waals surface area contributed by atoms with E-state index in [4.69, 9.17) is 0 Å². The van der Waals surface area contributed by atoms with E-state index in [2.05, 4.69) is 79.7 Å².